The highest BCUT2D eigenvalue weighted by molar-refractivity contribution is 5.75. The van der Waals surface area contributed by atoms with Gasteiger partial charge < -0.3 is 9.84 Å². The first-order valence-corrected chi connectivity index (χ1v) is 4.74. The number of rotatable bonds is 5. The maximum absolute atomic E-state index is 11.7. The highest BCUT2D eigenvalue weighted by Crippen LogP contribution is 2.44. The highest BCUT2D eigenvalue weighted by atomic mass is 19.4. The molecule has 0 saturated heterocycles. The molecule has 0 aromatic heterocycles. The van der Waals surface area contributed by atoms with Crippen LogP contribution >= 0.6 is 0 Å². The minimum absolute atomic E-state index is 0.147. The molecule has 15 heavy (non-hydrogen) atoms. The molecule has 1 saturated carbocycles. The first-order valence-electron chi connectivity index (χ1n) is 4.74. The van der Waals surface area contributed by atoms with Crippen molar-refractivity contribution in [1.29, 1.82) is 0 Å². The fraction of sp³-hybridized carbons (Fsp3) is 0.889. The van der Waals surface area contributed by atoms with Gasteiger partial charge in [0.15, 0.2) is 0 Å². The average molecular weight is 226 g/mol. The lowest BCUT2D eigenvalue weighted by molar-refractivity contribution is -0.178. The summed E-state index contributed by atoms with van der Waals surface area (Å²) < 4.78 is 39.5. The van der Waals surface area contributed by atoms with Crippen molar-refractivity contribution in [2.45, 2.75) is 31.9 Å². The van der Waals surface area contributed by atoms with E-state index in [1.165, 1.54) is 0 Å². The van der Waals surface area contributed by atoms with Crippen molar-refractivity contribution in [1.82, 2.24) is 0 Å². The summed E-state index contributed by atoms with van der Waals surface area (Å²) in [5.41, 5.74) is -0.828. The third-order valence-corrected chi connectivity index (χ3v) is 2.76. The summed E-state index contributed by atoms with van der Waals surface area (Å²) >= 11 is 0. The van der Waals surface area contributed by atoms with Gasteiger partial charge in [0, 0.05) is 6.61 Å². The van der Waals surface area contributed by atoms with Crippen molar-refractivity contribution in [2.24, 2.45) is 5.41 Å². The van der Waals surface area contributed by atoms with Gasteiger partial charge in [-0.3, -0.25) is 4.79 Å². The molecule has 3 nitrogen and oxygen atoms in total. The first-order chi connectivity index (χ1) is 6.86. The Morgan fingerprint density at radius 1 is 1.40 bits per heavy atom. The molecule has 0 bridgehead atoms. The number of carbonyl (C=O) groups is 1. The summed E-state index contributed by atoms with van der Waals surface area (Å²) in [6.45, 7) is -1.45. The molecule has 1 fully saturated rings. The van der Waals surface area contributed by atoms with Crippen LogP contribution in [0.1, 0.15) is 25.7 Å². The Morgan fingerprint density at radius 3 is 2.33 bits per heavy atom. The summed E-state index contributed by atoms with van der Waals surface area (Å²) in [6, 6.07) is 0. The normalized spacial score (nSPS) is 19.7. The van der Waals surface area contributed by atoms with Gasteiger partial charge in [-0.05, 0) is 19.3 Å². The largest absolute Gasteiger partial charge is 0.481 e. The van der Waals surface area contributed by atoms with Crippen molar-refractivity contribution in [3.05, 3.63) is 0 Å². The van der Waals surface area contributed by atoms with E-state index in [2.05, 4.69) is 4.74 Å². The summed E-state index contributed by atoms with van der Waals surface area (Å²) in [7, 11) is 0. The lowest BCUT2D eigenvalue weighted by Crippen LogP contribution is -2.39. The van der Waals surface area contributed by atoms with E-state index in [4.69, 9.17) is 5.11 Å². The summed E-state index contributed by atoms with van der Waals surface area (Å²) in [6.07, 6.45) is -2.27. The third-order valence-electron chi connectivity index (χ3n) is 2.76. The quantitative estimate of drug-likeness (QED) is 0.731. The summed E-state index contributed by atoms with van der Waals surface area (Å²) in [4.78, 5) is 10.8. The lowest BCUT2D eigenvalue weighted by Gasteiger charge is -2.37. The smallest absolute Gasteiger partial charge is 0.411 e. The van der Waals surface area contributed by atoms with Crippen LogP contribution in [0.15, 0.2) is 0 Å². The number of hydrogen-bond acceptors (Lipinski definition) is 2. The molecule has 0 aliphatic heterocycles. The van der Waals surface area contributed by atoms with Gasteiger partial charge in [0.25, 0.3) is 0 Å². The molecule has 0 aromatic rings. The van der Waals surface area contributed by atoms with E-state index in [0.29, 0.717) is 12.8 Å². The van der Waals surface area contributed by atoms with Crippen LogP contribution in [0.5, 0.6) is 0 Å². The van der Waals surface area contributed by atoms with E-state index in [9.17, 15) is 18.0 Å². The molecule has 1 rings (SSSR count). The van der Waals surface area contributed by atoms with Crippen LogP contribution in [0.25, 0.3) is 0 Å². The summed E-state index contributed by atoms with van der Waals surface area (Å²) in [5.74, 6) is -0.927. The van der Waals surface area contributed by atoms with Gasteiger partial charge in [0.1, 0.15) is 6.61 Å². The Hall–Kier alpha value is -0.780. The summed E-state index contributed by atoms with van der Waals surface area (Å²) in [5, 5.41) is 8.87. The Bertz CT molecular complexity index is 233. The first kappa shape index (κ1) is 12.3. The Labute approximate surface area is 85.2 Å². The minimum atomic E-state index is -4.34. The van der Waals surface area contributed by atoms with Crippen LogP contribution in [-0.2, 0) is 9.53 Å². The van der Waals surface area contributed by atoms with Crippen LogP contribution in [-0.4, -0.2) is 30.5 Å². The standard InChI is InChI=1S/C9H13F3O3/c10-9(11,12)6-15-5-4-8(7(13)14)2-1-3-8/h1-6H2,(H,13,14). The van der Waals surface area contributed by atoms with E-state index in [1.807, 2.05) is 0 Å². The van der Waals surface area contributed by atoms with Crippen LogP contribution in [0.4, 0.5) is 13.2 Å². The van der Waals surface area contributed by atoms with Gasteiger partial charge in [-0.15, -0.1) is 0 Å². The monoisotopic (exact) mass is 226 g/mol. The van der Waals surface area contributed by atoms with Crippen molar-refractivity contribution in [3.8, 4) is 0 Å². The molecule has 0 amide bonds. The highest BCUT2D eigenvalue weighted by Gasteiger charge is 2.44. The molecule has 0 atom stereocenters. The molecule has 0 heterocycles. The zero-order valence-electron chi connectivity index (χ0n) is 8.14. The second kappa shape index (κ2) is 4.38. The Balaban J connectivity index is 2.22. The van der Waals surface area contributed by atoms with Crippen LogP contribution in [0.2, 0.25) is 0 Å². The van der Waals surface area contributed by atoms with Gasteiger partial charge >= 0.3 is 12.1 Å². The molecule has 1 aliphatic rings. The van der Waals surface area contributed by atoms with Gasteiger partial charge in [0.05, 0.1) is 5.41 Å². The molecular weight excluding hydrogens is 213 g/mol. The number of halogens is 3. The van der Waals surface area contributed by atoms with Gasteiger partial charge in [0.2, 0.25) is 0 Å². The molecule has 6 heteroatoms. The molecule has 0 unspecified atom stereocenters. The zero-order chi connectivity index (χ0) is 11.5. The topological polar surface area (TPSA) is 46.5 Å². The van der Waals surface area contributed by atoms with E-state index in [1.54, 1.807) is 0 Å². The lowest BCUT2D eigenvalue weighted by atomic mass is 9.67. The maximum atomic E-state index is 11.7. The predicted molar refractivity (Wildman–Crippen MR) is 45.4 cm³/mol. The SMILES string of the molecule is O=C(O)C1(CCOCC(F)(F)F)CCC1. The number of carboxylic acid groups (broad SMARTS) is 1. The van der Waals surface area contributed by atoms with Crippen molar-refractivity contribution < 1.29 is 27.8 Å². The number of ether oxygens (including phenoxy) is 1. The second-order valence-electron chi connectivity index (χ2n) is 3.86. The minimum Gasteiger partial charge on any atom is -0.481 e. The van der Waals surface area contributed by atoms with Crippen LogP contribution in [0.3, 0.4) is 0 Å². The van der Waals surface area contributed by atoms with E-state index < -0.39 is 24.2 Å². The molecule has 1 aliphatic carbocycles. The number of hydrogen-bond donors (Lipinski definition) is 1. The van der Waals surface area contributed by atoms with E-state index >= 15 is 0 Å². The molecule has 0 aromatic carbocycles. The maximum Gasteiger partial charge on any atom is 0.411 e. The molecule has 0 spiro atoms. The van der Waals surface area contributed by atoms with E-state index in [0.717, 1.165) is 6.42 Å². The Kier molecular flexibility index (Phi) is 3.59. The van der Waals surface area contributed by atoms with Crippen LogP contribution in [0, 0.1) is 5.41 Å². The molecule has 88 valence electrons. The van der Waals surface area contributed by atoms with Gasteiger partial charge in [-0.1, -0.05) is 6.42 Å². The Morgan fingerprint density at radius 2 is 2.00 bits per heavy atom. The molecular formula is C9H13F3O3. The zero-order valence-corrected chi connectivity index (χ0v) is 8.14. The second-order valence-corrected chi connectivity index (χ2v) is 3.86. The molecule has 1 N–H and O–H groups in total. The van der Waals surface area contributed by atoms with Crippen molar-refractivity contribution in [3.63, 3.8) is 0 Å². The fourth-order valence-electron chi connectivity index (χ4n) is 1.63. The van der Waals surface area contributed by atoms with Gasteiger partial charge in [-0.2, -0.15) is 13.2 Å². The van der Waals surface area contributed by atoms with Gasteiger partial charge in [-0.25, -0.2) is 0 Å². The fourth-order valence-corrected chi connectivity index (χ4v) is 1.63. The number of carboxylic acids is 1. The average Bonchev–Trinajstić information content (AvgIpc) is 1.98. The predicted octanol–water partition coefficient (Wildman–Crippen LogP) is 2.21. The van der Waals surface area contributed by atoms with Crippen molar-refractivity contribution in [2.75, 3.05) is 13.2 Å². The third kappa shape index (κ3) is 3.37. The number of alkyl halides is 3. The number of aliphatic carboxylic acids is 1. The van der Waals surface area contributed by atoms with Crippen LogP contribution < -0.4 is 0 Å². The molecule has 0 radical (unpaired) electrons. The van der Waals surface area contributed by atoms with Crippen molar-refractivity contribution >= 4 is 5.97 Å². The van der Waals surface area contributed by atoms with E-state index in [-0.39, 0.29) is 13.0 Å².